The van der Waals surface area contributed by atoms with Crippen molar-refractivity contribution >= 4 is 35.1 Å². The molecule has 1 atom stereocenters. The largest absolute Gasteiger partial charge is 0.480 e. The van der Waals surface area contributed by atoms with Crippen molar-refractivity contribution in [3.05, 3.63) is 61.8 Å². The molecule has 0 N–H and O–H groups in total. The molecule has 0 spiro atoms. The zero-order valence-corrected chi connectivity index (χ0v) is 17.0. The van der Waals surface area contributed by atoms with Crippen LogP contribution < -0.4 is 4.74 Å². The lowest BCUT2D eigenvalue weighted by molar-refractivity contribution is -0.420. The quantitative estimate of drug-likeness (QED) is 0.252. The SMILES string of the molecule is CC=CC(=C(C)C(OC(=O)COc1ccc(Cl)cc1Cl)C(=O)OCC)[N+](=O)[O-]. The maximum Gasteiger partial charge on any atom is 0.352 e. The molecule has 0 amide bonds. The lowest BCUT2D eigenvalue weighted by atomic mass is 10.1. The maximum absolute atomic E-state index is 12.2. The first-order valence-corrected chi connectivity index (χ1v) is 8.88. The molecule has 1 aromatic rings. The topological polar surface area (TPSA) is 105 Å². The number of hydrogen-bond acceptors (Lipinski definition) is 7. The van der Waals surface area contributed by atoms with Gasteiger partial charge < -0.3 is 14.2 Å². The van der Waals surface area contributed by atoms with E-state index in [4.69, 9.17) is 37.4 Å². The van der Waals surface area contributed by atoms with Crippen molar-refractivity contribution in [1.29, 1.82) is 0 Å². The Morgan fingerprint density at radius 1 is 1.32 bits per heavy atom. The zero-order valence-electron chi connectivity index (χ0n) is 15.4. The number of carbonyl (C=O) groups excluding carboxylic acids is 2. The lowest BCUT2D eigenvalue weighted by Crippen LogP contribution is -2.33. The average Bonchev–Trinajstić information content (AvgIpc) is 2.62. The Bertz CT molecular complexity index is 805. The van der Waals surface area contributed by atoms with Gasteiger partial charge in [0.15, 0.2) is 6.61 Å². The van der Waals surface area contributed by atoms with Gasteiger partial charge in [0.25, 0.3) is 5.70 Å². The van der Waals surface area contributed by atoms with E-state index in [9.17, 15) is 19.7 Å². The van der Waals surface area contributed by atoms with E-state index in [1.54, 1.807) is 13.8 Å². The van der Waals surface area contributed by atoms with Crippen molar-refractivity contribution in [2.45, 2.75) is 26.9 Å². The standard InChI is InChI=1S/C18H19Cl2NO7/c1-4-6-14(21(24)25)11(3)17(18(23)26-5-2)28-16(22)10-27-15-8-7-12(19)9-13(15)20/h4,6-9,17H,5,10H2,1-3H3. The third kappa shape index (κ3) is 6.86. The minimum Gasteiger partial charge on any atom is -0.480 e. The van der Waals surface area contributed by atoms with Gasteiger partial charge in [0.05, 0.1) is 22.1 Å². The minimum atomic E-state index is -1.59. The van der Waals surface area contributed by atoms with Gasteiger partial charge in [-0.3, -0.25) is 10.1 Å². The summed E-state index contributed by atoms with van der Waals surface area (Å²) >= 11 is 11.7. The number of allylic oxidation sites excluding steroid dienone is 2. The number of carbonyl (C=O) groups is 2. The van der Waals surface area contributed by atoms with Crippen LogP contribution >= 0.6 is 23.2 Å². The molecule has 0 radical (unpaired) electrons. The summed E-state index contributed by atoms with van der Waals surface area (Å²) < 4.78 is 15.2. The molecule has 0 aliphatic rings. The molecule has 1 aromatic carbocycles. The number of ether oxygens (including phenoxy) is 3. The van der Waals surface area contributed by atoms with Gasteiger partial charge in [-0.1, -0.05) is 29.3 Å². The molecule has 0 aromatic heterocycles. The third-order valence-electron chi connectivity index (χ3n) is 3.31. The highest BCUT2D eigenvalue weighted by atomic mass is 35.5. The van der Waals surface area contributed by atoms with Crippen LogP contribution in [0.15, 0.2) is 41.6 Å². The van der Waals surface area contributed by atoms with Crippen LogP contribution in [-0.4, -0.2) is 36.2 Å². The molecule has 152 valence electrons. The van der Waals surface area contributed by atoms with Gasteiger partial charge in [0.1, 0.15) is 5.75 Å². The Morgan fingerprint density at radius 2 is 2.00 bits per heavy atom. The van der Waals surface area contributed by atoms with Crippen LogP contribution in [0.4, 0.5) is 0 Å². The molecule has 0 heterocycles. The molecule has 10 heteroatoms. The fourth-order valence-electron chi connectivity index (χ4n) is 2.05. The summed E-state index contributed by atoms with van der Waals surface area (Å²) in [5.74, 6) is -1.68. The molecule has 0 saturated heterocycles. The van der Waals surface area contributed by atoms with Gasteiger partial charge in [0.2, 0.25) is 6.10 Å². The lowest BCUT2D eigenvalue weighted by Gasteiger charge is -2.17. The van der Waals surface area contributed by atoms with Crippen LogP contribution in [0, 0.1) is 10.1 Å². The first kappa shape index (κ1) is 23.5. The second-order valence-corrected chi connectivity index (χ2v) is 6.15. The van der Waals surface area contributed by atoms with Crippen molar-refractivity contribution in [1.82, 2.24) is 0 Å². The number of rotatable bonds is 9. The smallest absolute Gasteiger partial charge is 0.352 e. The van der Waals surface area contributed by atoms with Crippen molar-refractivity contribution in [2.24, 2.45) is 0 Å². The summed E-state index contributed by atoms with van der Waals surface area (Å²) in [6.07, 6.45) is 1.03. The van der Waals surface area contributed by atoms with E-state index < -0.39 is 29.6 Å². The molecular weight excluding hydrogens is 413 g/mol. The van der Waals surface area contributed by atoms with Gasteiger partial charge in [0, 0.05) is 11.1 Å². The zero-order chi connectivity index (χ0) is 21.3. The van der Waals surface area contributed by atoms with Crippen molar-refractivity contribution in [2.75, 3.05) is 13.2 Å². The summed E-state index contributed by atoms with van der Waals surface area (Å²) in [5, 5.41) is 11.8. The van der Waals surface area contributed by atoms with Crippen LogP contribution in [0.5, 0.6) is 5.75 Å². The summed E-state index contributed by atoms with van der Waals surface area (Å²) in [4.78, 5) is 34.8. The maximum atomic E-state index is 12.2. The van der Waals surface area contributed by atoms with Crippen LogP contribution in [-0.2, 0) is 19.1 Å². The summed E-state index contributed by atoms with van der Waals surface area (Å²) in [7, 11) is 0. The number of halogens is 2. The third-order valence-corrected chi connectivity index (χ3v) is 3.84. The van der Waals surface area contributed by atoms with Crippen LogP contribution in [0.3, 0.4) is 0 Å². The highest BCUT2D eigenvalue weighted by Gasteiger charge is 2.31. The molecule has 8 nitrogen and oxygen atoms in total. The fourth-order valence-corrected chi connectivity index (χ4v) is 2.52. The van der Waals surface area contributed by atoms with E-state index >= 15 is 0 Å². The normalized spacial score (nSPS) is 12.9. The van der Waals surface area contributed by atoms with Crippen LogP contribution in [0.1, 0.15) is 20.8 Å². The molecule has 0 aliphatic heterocycles. The number of benzene rings is 1. The summed E-state index contributed by atoms with van der Waals surface area (Å²) in [5.41, 5.74) is -0.463. The first-order chi connectivity index (χ1) is 13.2. The Labute approximate surface area is 171 Å². The van der Waals surface area contributed by atoms with Crippen LogP contribution in [0.2, 0.25) is 10.0 Å². The number of nitro groups is 1. The van der Waals surface area contributed by atoms with Gasteiger partial charge in [-0.25, -0.2) is 9.59 Å². The predicted octanol–water partition coefficient (Wildman–Crippen LogP) is 3.97. The molecule has 0 saturated carbocycles. The highest BCUT2D eigenvalue weighted by molar-refractivity contribution is 6.35. The van der Waals surface area contributed by atoms with Gasteiger partial charge >= 0.3 is 11.9 Å². The number of hydrogen-bond donors (Lipinski definition) is 0. The minimum absolute atomic E-state index is 0.00839. The van der Waals surface area contributed by atoms with E-state index in [0.29, 0.717) is 5.02 Å². The molecule has 1 rings (SSSR count). The van der Waals surface area contributed by atoms with Crippen molar-refractivity contribution in [3.63, 3.8) is 0 Å². The monoisotopic (exact) mass is 431 g/mol. The second kappa shape index (κ2) is 11.3. The van der Waals surface area contributed by atoms with Gasteiger partial charge in [-0.05, 0) is 39.0 Å². The highest BCUT2D eigenvalue weighted by Crippen LogP contribution is 2.27. The second-order valence-electron chi connectivity index (χ2n) is 5.31. The van der Waals surface area contributed by atoms with E-state index in [2.05, 4.69) is 0 Å². The molecule has 1 unspecified atom stereocenters. The summed E-state index contributed by atoms with van der Waals surface area (Å²) in [6, 6.07) is 4.41. The first-order valence-electron chi connectivity index (χ1n) is 8.13. The molecular formula is C18H19Cl2NO7. The Hall–Kier alpha value is -2.58. The Balaban J connectivity index is 2.99. The molecule has 0 fully saturated rings. The van der Waals surface area contributed by atoms with Crippen molar-refractivity contribution in [3.8, 4) is 5.75 Å². The Kier molecular flexibility index (Phi) is 9.47. The molecule has 28 heavy (non-hydrogen) atoms. The van der Waals surface area contributed by atoms with Crippen LogP contribution in [0.25, 0.3) is 0 Å². The van der Waals surface area contributed by atoms with E-state index in [1.165, 1.54) is 37.3 Å². The van der Waals surface area contributed by atoms with E-state index in [1.807, 2.05) is 0 Å². The van der Waals surface area contributed by atoms with Gasteiger partial charge in [-0.15, -0.1) is 0 Å². The number of esters is 2. The average molecular weight is 432 g/mol. The summed E-state index contributed by atoms with van der Waals surface area (Å²) in [6.45, 7) is 3.87. The molecule has 0 aliphatic carbocycles. The van der Waals surface area contributed by atoms with E-state index in [0.717, 1.165) is 0 Å². The van der Waals surface area contributed by atoms with Crippen molar-refractivity contribution < 1.29 is 28.7 Å². The fraction of sp³-hybridized carbons (Fsp3) is 0.333. The Morgan fingerprint density at radius 3 is 2.54 bits per heavy atom. The number of nitrogens with zero attached hydrogens (tertiary/aromatic N) is 1. The van der Waals surface area contributed by atoms with Gasteiger partial charge in [-0.2, -0.15) is 0 Å². The van der Waals surface area contributed by atoms with E-state index in [-0.39, 0.29) is 28.6 Å². The molecule has 0 bridgehead atoms. The predicted molar refractivity (Wildman–Crippen MR) is 103 cm³/mol.